The van der Waals surface area contributed by atoms with Gasteiger partial charge in [0.15, 0.2) is 0 Å². The lowest BCUT2D eigenvalue weighted by atomic mass is 10.1. The summed E-state index contributed by atoms with van der Waals surface area (Å²) >= 11 is 3.40. The summed E-state index contributed by atoms with van der Waals surface area (Å²) in [5.74, 6) is 1.43. The van der Waals surface area contributed by atoms with Crippen LogP contribution in [-0.4, -0.2) is 5.91 Å². The molecule has 19 heavy (non-hydrogen) atoms. The Morgan fingerprint density at radius 1 is 1.21 bits per heavy atom. The van der Waals surface area contributed by atoms with E-state index < -0.39 is 0 Å². The number of rotatable bonds is 2. The van der Waals surface area contributed by atoms with Crippen molar-refractivity contribution in [1.82, 2.24) is 0 Å². The number of hydrogen-bond donors (Lipinski definition) is 1. The summed E-state index contributed by atoms with van der Waals surface area (Å²) in [6, 6.07) is 7.77. The smallest absolute Gasteiger partial charge is 0.228 e. The van der Waals surface area contributed by atoms with Crippen molar-refractivity contribution in [2.75, 3.05) is 5.32 Å². The van der Waals surface area contributed by atoms with E-state index in [2.05, 4.69) is 33.4 Å². The van der Waals surface area contributed by atoms with Crippen molar-refractivity contribution in [1.29, 1.82) is 0 Å². The maximum absolute atomic E-state index is 12.3. The second kappa shape index (κ2) is 5.49. The van der Waals surface area contributed by atoms with Gasteiger partial charge in [-0.3, -0.25) is 4.79 Å². The number of fused-ring (bicyclic) bond motifs is 1. The van der Waals surface area contributed by atoms with E-state index in [4.69, 9.17) is 0 Å². The third kappa shape index (κ3) is 2.92. The quantitative estimate of drug-likeness (QED) is 0.805. The molecule has 2 nitrogen and oxygen atoms in total. The fourth-order valence-corrected chi connectivity index (χ4v) is 3.32. The van der Waals surface area contributed by atoms with E-state index in [1.807, 2.05) is 24.3 Å². The van der Waals surface area contributed by atoms with Gasteiger partial charge in [0.1, 0.15) is 0 Å². The Kier molecular flexibility index (Phi) is 3.74. The summed E-state index contributed by atoms with van der Waals surface area (Å²) in [5, 5.41) is 3.03. The topological polar surface area (TPSA) is 29.1 Å². The van der Waals surface area contributed by atoms with Crippen LogP contribution in [0, 0.1) is 17.8 Å². The molecule has 1 N–H and O–H groups in total. The van der Waals surface area contributed by atoms with Crippen LogP contribution in [-0.2, 0) is 4.79 Å². The second-order valence-electron chi connectivity index (χ2n) is 5.48. The molecular weight excluding hydrogens is 302 g/mol. The second-order valence-corrected chi connectivity index (χ2v) is 6.39. The van der Waals surface area contributed by atoms with Crippen LogP contribution in [0.2, 0.25) is 0 Å². The van der Waals surface area contributed by atoms with Crippen molar-refractivity contribution in [2.45, 2.75) is 25.7 Å². The first kappa shape index (κ1) is 12.9. The summed E-state index contributed by atoms with van der Waals surface area (Å²) in [4.78, 5) is 12.3. The molecule has 1 fully saturated rings. The molecule has 0 saturated heterocycles. The van der Waals surface area contributed by atoms with E-state index in [0.717, 1.165) is 10.2 Å². The molecule has 2 aliphatic rings. The zero-order chi connectivity index (χ0) is 13.2. The fraction of sp³-hybridized carbons (Fsp3) is 0.438. The number of anilines is 1. The number of amides is 1. The number of allylic oxidation sites excluding steroid dienone is 2. The van der Waals surface area contributed by atoms with Gasteiger partial charge in [0, 0.05) is 16.1 Å². The van der Waals surface area contributed by atoms with E-state index in [1.165, 1.54) is 25.7 Å². The summed E-state index contributed by atoms with van der Waals surface area (Å²) in [6.07, 6.45) is 9.41. The van der Waals surface area contributed by atoms with Crippen molar-refractivity contribution >= 4 is 27.5 Å². The molecule has 0 aromatic heterocycles. The van der Waals surface area contributed by atoms with E-state index in [9.17, 15) is 4.79 Å². The largest absolute Gasteiger partial charge is 0.326 e. The summed E-state index contributed by atoms with van der Waals surface area (Å²) < 4.78 is 1.03. The monoisotopic (exact) mass is 319 g/mol. The Balaban J connectivity index is 1.64. The minimum absolute atomic E-state index is 0.184. The molecule has 0 unspecified atom stereocenters. The Labute approximate surface area is 122 Å². The maximum Gasteiger partial charge on any atom is 0.228 e. The van der Waals surface area contributed by atoms with Gasteiger partial charge in [0.05, 0.1) is 0 Å². The highest BCUT2D eigenvalue weighted by molar-refractivity contribution is 9.10. The van der Waals surface area contributed by atoms with Crippen LogP contribution in [0.3, 0.4) is 0 Å². The van der Waals surface area contributed by atoms with Crippen LogP contribution in [0.4, 0.5) is 5.69 Å². The lowest BCUT2D eigenvalue weighted by molar-refractivity contribution is -0.117. The number of benzene rings is 1. The SMILES string of the molecule is O=C(Nc1ccc(Br)cc1)[C@H]1[C@@H]2C=CCCCC[C@@H]21. The highest BCUT2D eigenvalue weighted by Gasteiger charge is 2.52. The third-order valence-electron chi connectivity index (χ3n) is 4.16. The Morgan fingerprint density at radius 2 is 2.00 bits per heavy atom. The standard InChI is InChI=1S/C16H18BrNO/c17-11-7-9-12(10-8-11)18-16(19)15-13-5-3-1-2-4-6-14(13)15/h3,5,7-10,13-15H,1-2,4,6H2,(H,18,19)/t13-,14+,15+/m1/s1. The van der Waals surface area contributed by atoms with Gasteiger partial charge in [0.25, 0.3) is 0 Å². The summed E-state index contributed by atoms with van der Waals surface area (Å²) in [5.41, 5.74) is 0.886. The van der Waals surface area contributed by atoms with E-state index in [0.29, 0.717) is 11.8 Å². The molecule has 1 amide bonds. The predicted octanol–water partition coefficient (Wildman–Crippen LogP) is 4.38. The molecule has 0 bridgehead atoms. The van der Waals surface area contributed by atoms with Crippen LogP contribution in [0.15, 0.2) is 40.9 Å². The number of nitrogens with one attached hydrogen (secondary N) is 1. The molecule has 3 atom stereocenters. The van der Waals surface area contributed by atoms with E-state index in [1.54, 1.807) is 0 Å². The lowest BCUT2D eigenvalue weighted by Gasteiger charge is -2.04. The molecule has 3 rings (SSSR count). The zero-order valence-electron chi connectivity index (χ0n) is 10.8. The average molecular weight is 320 g/mol. The molecule has 0 heterocycles. The van der Waals surface area contributed by atoms with Crippen molar-refractivity contribution in [2.24, 2.45) is 17.8 Å². The number of halogens is 1. The fourth-order valence-electron chi connectivity index (χ4n) is 3.06. The van der Waals surface area contributed by atoms with E-state index >= 15 is 0 Å². The lowest BCUT2D eigenvalue weighted by Crippen LogP contribution is -2.15. The third-order valence-corrected chi connectivity index (χ3v) is 4.69. The first-order valence-electron chi connectivity index (χ1n) is 6.99. The molecule has 2 aliphatic carbocycles. The van der Waals surface area contributed by atoms with Gasteiger partial charge in [-0.25, -0.2) is 0 Å². The van der Waals surface area contributed by atoms with Crippen molar-refractivity contribution in [3.05, 3.63) is 40.9 Å². The van der Waals surface area contributed by atoms with Crippen LogP contribution in [0.25, 0.3) is 0 Å². The van der Waals surface area contributed by atoms with Gasteiger partial charge in [-0.1, -0.05) is 34.5 Å². The van der Waals surface area contributed by atoms with E-state index in [-0.39, 0.29) is 11.8 Å². The molecule has 3 heteroatoms. The minimum atomic E-state index is 0.184. The normalized spacial score (nSPS) is 29.0. The molecular formula is C16H18BrNO. The van der Waals surface area contributed by atoms with Crippen LogP contribution >= 0.6 is 15.9 Å². The Hall–Kier alpha value is -1.09. The molecule has 1 aromatic carbocycles. The van der Waals surface area contributed by atoms with Gasteiger partial charge in [-0.15, -0.1) is 0 Å². The predicted molar refractivity (Wildman–Crippen MR) is 80.8 cm³/mol. The first-order valence-corrected chi connectivity index (χ1v) is 7.78. The molecule has 0 aliphatic heterocycles. The molecule has 1 aromatic rings. The van der Waals surface area contributed by atoms with Gasteiger partial charge in [-0.05, 0) is 55.4 Å². The number of carbonyl (C=O) groups is 1. The first-order chi connectivity index (χ1) is 9.25. The van der Waals surface area contributed by atoms with Crippen molar-refractivity contribution < 1.29 is 4.79 Å². The molecule has 1 saturated carbocycles. The van der Waals surface area contributed by atoms with Crippen molar-refractivity contribution in [3.63, 3.8) is 0 Å². The van der Waals surface area contributed by atoms with Crippen LogP contribution in [0.1, 0.15) is 25.7 Å². The van der Waals surface area contributed by atoms with Gasteiger partial charge in [0.2, 0.25) is 5.91 Å². The summed E-state index contributed by atoms with van der Waals surface area (Å²) in [6.45, 7) is 0. The number of carbonyl (C=O) groups excluding carboxylic acids is 1. The molecule has 100 valence electrons. The van der Waals surface area contributed by atoms with Crippen LogP contribution < -0.4 is 5.32 Å². The van der Waals surface area contributed by atoms with Crippen molar-refractivity contribution in [3.8, 4) is 0 Å². The molecule has 0 radical (unpaired) electrons. The highest BCUT2D eigenvalue weighted by Crippen LogP contribution is 2.51. The Bertz CT molecular complexity index is 494. The minimum Gasteiger partial charge on any atom is -0.326 e. The van der Waals surface area contributed by atoms with Crippen LogP contribution in [0.5, 0.6) is 0 Å². The summed E-state index contributed by atoms with van der Waals surface area (Å²) in [7, 11) is 0. The van der Waals surface area contributed by atoms with Gasteiger partial charge in [-0.2, -0.15) is 0 Å². The number of hydrogen-bond acceptors (Lipinski definition) is 1. The maximum atomic E-state index is 12.3. The van der Waals surface area contributed by atoms with Gasteiger partial charge < -0.3 is 5.32 Å². The molecule has 0 spiro atoms. The van der Waals surface area contributed by atoms with Gasteiger partial charge >= 0.3 is 0 Å². The average Bonchev–Trinajstić information content (AvgIpc) is 3.03. The highest BCUT2D eigenvalue weighted by atomic mass is 79.9. The zero-order valence-corrected chi connectivity index (χ0v) is 12.4. The Morgan fingerprint density at radius 3 is 2.79 bits per heavy atom.